The summed E-state index contributed by atoms with van der Waals surface area (Å²) in [5.74, 6) is -3.99. The quantitative estimate of drug-likeness (QED) is 0.585. The minimum atomic E-state index is -5.36. The number of urea groups is 1. The van der Waals surface area contributed by atoms with Crippen molar-refractivity contribution >= 4 is 12.0 Å². The monoisotopic (exact) mass is 378 g/mol. The molecule has 1 heterocycles. The standard InChI is InChI=1S/C15H17F3N2O6/c1-3-26-12(22)10-11(7-4-5-8(21)9(6-7)25-2)19-13(23)20-14(10,24)15(16,17)18/h4-6,10-11,21,24H,3H2,1-2H3,(H2,19,20,23)/t10-,11-,14-/m1/s1. The van der Waals surface area contributed by atoms with E-state index in [0.717, 1.165) is 12.1 Å². The van der Waals surface area contributed by atoms with Gasteiger partial charge in [0, 0.05) is 0 Å². The first-order valence-electron chi connectivity index (χ1n) is 7.46. The van der Waals surface area contributed by atoms with Crippen LogP contribution in [0.5, 0.6) is 11.5 Å². The summed E-state index contributed by atoms with van der Waals surface area (Å²) in [6.07, 6.45) is -5.36. The van der Waals surface area contributed by atoms with Crippen LogP contribution in [0, 0.1) is 5.92 Å². The molecular weight excluding hydrogens is 361 g/mol. The maximum Gasteiger partial charge on any atom is 0.437 e. The number of nitrogens with one attached hydrogen (secondary N) is 2. The second-order valence-corrected chi connectivity index (χ2v) is 5.50. The average Bonchev–Trinajstić information content (AvgIpc) is 2.53. The van der Waals surface area contributed by atoms with Gasteiger partial charge in [-0.1, -0.05) is 6.07 Å². The van der Waals surface area contributed by atoms with Gasteiger partial charge in [-0.25, -0.2) is 4.79 Å². The average molecular weight is 378 g/mol. The number of phenolic OH excluding ortho intramolecular Hbond substituents is 1. The number of amides is 2. The fourth-order valence-corrected chi connectivity index (χ4v) is 2.70. The molecule has 2 amide bonds. The van der Waals surface area contributed by atoms with E-state index in [9.17, 15) is 33.0 Å². The Morgan fingerprint density at radius 3 is 2.58 bits per heavy atom. The van der Waals surface area contributed by atoms with E-state index < -0.39 is 35.9 Å². The summed E-state index contributed by atoms with van der Waals surface area (Å²) in [4.78, 5) is 24.0. The molecule has 4 N–H and O–H groups in total. The second-order valence-electron chi connectivity index (χ2n) is 5.50. The number of benzene rings is 1. The second kappa shape index (κ2) is 6.90. The molecule has 26 heavy (non-hydrogen) atoms. The van der Waals surface area contributed by atoms with Gasteiger partial charge in [-0.2, -0.15) is 13.2 Å². The fraction of sp³-hybridized carbons (Fsp3) is 0.467. The van der Waals surface area contributed by atoms with Crippen molar-refractivity contribution in [2.75, 3.05) is 13.7 Å². The number of alkyl halides is 3. The Morgan fingerprint density at radius 1 is 1.38 bits per heavy atom. The lowest BCUT2D eigenvalue weighted by Crippen LogP contribution is -2.73. The van der Waals surface area contributed by atoms with Gasteiger partial charge in [0.25, 0.3) is 5.72 Å². The van der Waals surface area contributed by atoms with Crippen LogP contribution in [0.4, 0.5) is 18.0 Å². The Balaban J connectivity index is 2.60. The normalized spacial score (nSPS) is 25.8. The van der Waals surface area contributed by atoms with Crippen LogP contribution >= 0.6 is 0 Å². The van der Waals surface area contributed by atoms with E-state index in [-0.39, 0.29) is 23.7 Å². The first-order chi connectivity index (χ1) is 12.0. The number of aromatic hydroxyl groups is 1. The molecule has 0 bridgehead atoms. The van der Waals surface area contributed by atoms with Crippen molar-refractivity contribution < 1.29 is 42.4 Å². The Bertz CT molecular complexity index is 711. The van der Waals surface area contributed by atoms with Crippen LogP contribution in [0.25, 0.3) is 0 Å². The zero-order valence-corrected chi connectivity index (χ0v) is 13.8. The number of carbonyl (C=O) groups is 2. The first-order valence-corrected chi connectivity index (χ1v) is 7.46. The predicted octanol–water partition coefficient (Wildman–Crippen LogP) is 1.18. The summed E-state index contributed by atoms with van der Waals surface area (Å²) in [6.45, 7) is 1.15. The lowest BCUT2D eigenvalue weighted by Gasteiger charge is -2.44. The number of methoxy groups -OCH3 is 1. The number of aliphatic hydroxyl groups is 1. The molecule has 1 aliphatic rings. The van der Waals surface area contributed by atoms with Gasteiger partial charge in [-0.3, -0.25) is 4.79 Å². The SMILES string of the molecule is CCOC(=O)[C@H]1[C@@H](c2ccc(O)c(OC)c2)NC(=O)N[C@]1(O)C(F)(F)F. The van der Waals surface area contributed by atoms with E-state index >= 15 is 0 Å². The highest BCUT2D eigenvalue weighted by molar-refractivity contribution is 5.83. The van der Waals surface area contributed by atoms with Crippen molar-refractivity contribution in [3.8, 4) is 11.5 Å². The molecule has 1 aliphatic heterocycles. The van der Waals surface area contributed by atoms with Crippen molar-refractivity contribution in [2.24, 2.45) is 5.92 Å². The summed E-state index contributed by atoms with van der Waals surface area (Å²) in [7, 11) is 1.22. The van der Waals surface area contributed by atoms with Crippen LogP contribution in [-0.4, -0.2) is 47.8 Å². The van der Waals surface area contributed by atoms with E-state index in [2.05, 4.69) is 10.1 Å². The molecule has 144 valence electrons. The third-order valence-electron chi connectivity index (χ3n) is 3.91. The molecule has 1 fully saturated rings. The number of phenols is 1. The van der Waals surface area contributed by atoms with E-state index in [0.29, 0.717) is 0 Å². The highest BCUT2D eigenvalue weighted by atomic mass is 19.4. The highest BCUT2D eigenvalue weighted by Crippen LogP contribution is 2.44. The Labute approximate surface area is 145 Å². The number of carbonyl (C=O) groups excluding carboxylic acids is 2. The zero-order chi connectivity index (χ0) is 19.7. The van der Waals surface area contributed by atoms with Gasteiger partial charge in [0.2, 0.25) is 0 Å². The van der Waals surface area contributed by atoms with Gasteiger partial charge in [-0.05, 0) is 24.6 Å². The molecule has 0 unspecified atom stereocenters. The maximum absolute atomic E-state index is 13.5. The molecule has 1 aromatic rings. The molecular formula is C15H17F3N2O6. The van der Waals surface area contributed by atoms with E-state index in [1.807, 2.05) is 0 Å². The Hall–Kier alpha value is -2.69. The summed E-state index contributed by atoms with van der Waals surface area (Å²) >= 11 is 0. The van der Waals surface area contributed by atoms with Crippen LogP contribution in [0.2, 0.25) is 0 Å². The van der Waals surface area contributed by atoms with Crippen molar-refractivity contribution in [1.82, 2.24) is 10.6 Å². The highest BCUT2D eigenvalue weighted by Gasteiger charge is 2.67. The first kappa shape index (κ1) is 19.6. The molecule has 0 spiro atoms. The fourth-order valence-electron chi connectivity index (χ4n) is 2.70. The summed E-state index contributed by atoms with van der Waals surface area (Å²) in [5.41, 5.74) is -3.85. The molecule has 0 aliphatic carbocycles. The molecule has 11 heteroatoms. The lowest BCUT2D eigenvalue weighted by atomic mass is 9.82. The van der Waals surface area contributed by atoms with Gasteiger partial charge in [0.1, 0.15) is 5.92 Å². The van der Waals surface area contributed by atoms with Gasteiger partial charge < -0.3 is 30.3 Å². The number of hydrogen-bond donors (Lipinski definition) is 4. The Morgan fingerprint density at radius 2 is 2.04 bits per heavy atom. The maximum atomic E-state index is 13.5. The number of ether oxygens (including phenoxy) is 2. The summed E-state index contributed by atoms with van der Waals surface area (Å²) in [5, 5.41) is 23.3. The molecule has 2 rings (SSSR count). The number of esters is 1. The smallest absolute Gasteiger partial charge is 0.437 e. The molecule has 1 aromatic carbocycles. The molecule has 0 radical (unpaired) electrons. The number of halogens is 3. The minimum absolute atomic E-state index is 0.00442. The van der Waals surface area contributed by atoms with Gasteiger partial charge in [0.15, 0.2) is 11.5 Å². The van der Waals surface area contributed by atoms with Crippen molar-refractivity contribution in [1.29, 1.82) is 0 Å². The largest absolute Gasteiger partial charge is 0.504 e. The molecule has 0 saturated carbocycles. The van der Waals surface area contributed by atoms with Crippen molar-refractivity contribution in [2.45, 2.75) is 24.9 Å². The molecule has 0 aromatic heterocycles. The number of hydrogen-bond acceptors (Lipinski definition) is 6. The van der Waals surface area contributed by atoms with Crippen LogP contribution in [0.15, 0.2) is 18.2 Å². The van der Waals surface area contributed by atoms with Crippen LogP contribution in [-0.2, 0) is 9.53 Å². The van der Waals surface area contributed by atoms with Crippen LogP contribution in [0.1, 0.15) is 18.5 Å². The van der Waals surface area contributed by atoms with Gasteiger partial charge in [0.05, 0.1) is 19.8 Å². The van der Waals surface area contributed by atoms with E-state index in [4.69, 9.17) is 4.74 Å². The molecule has 1 saturated heterocycles. The molecule has 8 nitrogen and oxygen atoms in total. The van der Waals surface area contributed by atoms with Crippen LogP contribution < -0.4 is 15.4 Å². The van der Waals surface area contributed by atoms with Gasteiger partial charge >= 0.3 is 18.2 Å². The Kier molecular flexibility index (Phi) is 5.21. The third kappa shape index (κ3) is 3.34. The van der Waals surface area contributed by atoms with Crippen molar-refractivity contribution in [3.63, 3.8) is 0 Å². The van der Waals surface area contributed by atoms with E-state index in [1.54, 1.807) is 0 Å². The minimum Gasteiger partial charge on any atom is -0.504 e. The zero-order valence-electron chi connectivity index (χ0n) is 13.8. The number of rotatable bonds is 4. The van der Waals surface area contributed by atoms with Crippen molar-refractivity contribution in [3.05, 3.63) is 23.8 Å². The summed E-state index contributed by atoms with van der Waals surface area (Å²) < 4.78 is 50.0. The topological polar surface area (TPSA) is 117 Å². The predicted molar refractivity (Wildman–Crippen MR) is 80.2 cm³/mol. The third-order valence-corrected chi connectivity index (χ3v) is 3.91. The van der Waals surface area contributed by atoms with Crippen LogP contribution in [0.3, 0.4) is 0 Å². The molecule has 3 atom stereocenters. The van der Waals surface area contributed by atoms with E-state index in [1.165, 1.54) is 25.4 Å². The summed E-state index contributed by atoms with van der Waals surface area (Å²) in [6, 6.07) is 0.537. The van der Waals surface area contributed by atoms with Gasteiger partial charge in [-0.15, -0.1) is 0 Å². The lowest BCUT2D eigenvalue weighted by molar-refractivity contribution is -0.294.